The Hall–Kier alpha value is -7.29. The summed E-state index contributed by atoms with van der Waals surface area (Å²) in [7, 11) is 2.08. The number of carbonyl (C=O) groups excluding carboxylic acids is 3. The van der Waals surface area contributed by atoms with Crippen molar-refractivity contribution in [2.24, 2.45) is 7.05 Å². The molecule has 0 bridgehead atoms. The van der Waals surface area contributed by atoms with E-state index in [4.69, 9.17) is 14.2 Å². The number of aryl methyl sites for hydroxylation is 1. The van der Waals surface area contributed by atoms with Crippen LogP contribution in [-0.2, 0) is 27.9 Å². The van der Waals surface area contributed by atoms with E-state index in [0.29, 0.717) is 34.9 Å². The minimum Gasteiger partial charge on any atom is -0.475 e. The van der Waals surface area contributed by atoms with Crippen LogP contribution in [0, 0.1) is 23.2 Å². The predicted octanol–water partition coefficient (Wildman–Crippen LogP) is 6.62. The maximum absolute atomic E-state index is 13.1. The van der Waals surface area contributed by atoms with E-state index in [9.17, 15) is 19.6 Å². The van der Waals surface area contributed by atoms with E-state index >= 15 is 0 Å². The van der Waals surface area contributed by atoms with Crippen LogP contribution in [0.15, 0.2) is 85.5 Å². The zero-order valence-corrected chi connectivity index (χ0v) is 35.8. The van der Waals surface area contributed by atoms with E-state index in [2.05, 4.69) is 79.0 Å². The molecule has 322 valence electrons. The molecule has 2 aromatic carbocycles. The highest BCUT2D eigenvalue weighted by atomic mass is 16.5. The number of benzene rings is 2. The average Bonchev–Trinajstić information content (AvgIpc) is 3.76. The second-order valence-corrected chi connectivity index (χ2v) is 17.5. The van der Waals surface area contributed by atoms with Crippen LogP contribution in [0.1, 0.15) is 79.6 Å². The molecule has 2 saturated heterocycles. The number of amides is 3. The number of imide groups is 1. The molecule has 64 heavy (non-hydrogen) atoms. The third-order valence-corrected chi connectivity index (χ3v) is 12.7. The highest BCUT2D eigenvalue weighted by Gasteiger charge is 2.39. The molecule has 1 unspecified atom stereocenters. The van der Waals surface area contributed by atoms with Gasteiger partial charge in [-0.1, -0.05) is 12.1 Å². The second kappa shape index (κ2) is 16.4. The number of pyridine rings is 3. The Morgan fingerprint density at radius 1 is 0.844 bits per heavy atom. The van der Waals surface area contributed by atoms with E-state index in [1.165, 1.54) is 10.3 Å². The van der Waals surface area contributed by atoms with Gasteiger partial charge in [-0.3, -0.25) is 24.7 Å². The van der Waals surface area contributed by atoms with E-state index in [1.807, 2.05) is 50.6 Å². The normalized spacial score (nSPS) is 20.0. The first-order valence-electron chi connectivity index (χ1n) is 21.7. The number of nitrogens with one attached hydrogen (secondary N) is 1. The number of hydrogen-bond acceptors (Lipinski definition) is 11. The van der Waals surface area contributed by atoms with Crippen LogP contribution < -0.4 is 19.7 Å². The minimum absolute atomic E-state index is 0.0611. The van der Waals surface area contributed by atoms with E-state index in [0.717, 1.165) is 77.6 Å². The maximum Gasteiger partial charge on any atom is 0.255 e. The summed E-state index contributed by atoms with van der Waals surface area (Å²) < 4.78 is 21.2. The lowest BCUT2D eigenvalue weighted by Gasteiger charge is -2.40. The molecule has 14 heteroatoms. The molecule has 6 aromatic rings. The molecule has 7 heterocycles. The van der Waals surface area contributed by atoms with Gasteiger partial charge in [0.25, 0.3) is 5.91 Å². The quantitative estimate of drug-likeness (QED) is 0.123. The largest absolute Gasteiger partial charge is 0.475 e. The van der Waals surface area contributed by atoms with Crippen LogP contribution >= 0.6 is 0 Å². The third-order valence-electron chi connectivity index (χ3n) is 12.7. The Bertz CT molecular complexity index is 2950. The van der Waals surface area contributed by atoms with Gasteiger partial charge in [0.2, 0.25) is 17.7 Å². The summed E-state index contributed by atoms with van der Waals surface area (Å²) in [5.74, 6) is 6.47. The summed E-state index contributed by atoms with van der Waals surface area (Å²) in [5.41, 5.74) is 6.57. The monoisotopic (exact) mass is 854 g/mol. The van der Waals surface area contributed by atoms with Crippen LogP contribution in [-0.4, -0.2) is 85.2 Å². The number of nitriles is 1. The standard InChI is InChI=1S/C50H46N8O6/c1-50(2,64-36-6-8-39-32(20-36)29-58(49(39)61)43-9-10-46(59)55-48(43)60)16-12-34-22-44(33(25-51)27-53-34)57-18-14-35(15-19-57)62-37-23-38(24-37)63-47-11-5-31(26-54-47)30-4-7-40-41-28-52-17-13-42(41)56(3)45(40)21-30/h4-8,11,13,17,20-22,26-28,35,37-38,43H,9-10,14-15,18-19,23-24,29H2,1-3H3,(H,55,59,60)/t37-,38-,43?. The van der Waals surface area contributed by atoms with Crippen molar-refractivity contribution in [3.63, 3.8) is 0 Å². The summed E-state index contributed by atoms with van der Waals surface area (Å²) in [6.07, 6.45) is 11.3. The number of anilines is 1. The van der Waals surface area contributed by atoms with Crippen LogP contribution in [0.2, 0.25) is 0 Å². The first-order chi connectivity index (χ1) is 31.0. The molecule has 14 nitrogen and oxygen atoms in total. The Morgan fingerprint density at radius 3 is 2.45 bits per heavy atom. The molecular weight excluding hydrogens is 809 g/mol. The Balaban J connectivity index is 0.703. The number of aromatic nitrogens is 4. The first kappa shape index (κ1) is 40.8. The smallest absolute Gasteiger partial charge is 0.255 e. The van der Waals surface area contributed by atoms with Gasteiger partial charge >= 0.3 is 0 Å². The first-order valence-corrected chi connectivity index (χ1v) is 21.7. The SMILES string of the molecule is Cn1c2ccncc2c2ccc(-c3ccc(O[C@H]4C[C@H](OC5CCN(c6cc(C#CC(C)(C)Oc7ccc8c(c7)CN(C7CCC(=O)NC7=O)C8=O)ncc6C#N)CC5)C4)nc3)cc21. The van der Waals surface area contributed by atoms with E-state index < -0.39 is 17.6 Å². The van der Waals surface area contributed by atoms with Crippen molar-refractivity contribution < 1.29 is 28.6 Å². The zero-order chi connectivity index (χ0) is 44.1. The number of rotatable bonds is 9. The molecule has 3 amide bonds. The molecule has 4 aromatic heterocycles. The topological polar surface area (TPSA) is 165 Å². The molecule has 0 spiro atoms. The van der Waals surface area contributed by atoms with Gasteiger partial charge in [-0.25, -0.2) is 9.97 Å². The summed E-state index contributed by atoms with van der Waals surface area (Å²) in [5, 5.41) is 14.6. The number of fused-ring (bicyclic) bond motifs is 4. The van der Waals surface area contributed by atoms with Crippen LogP contribution in [0.3, 0.4) is 0 Å². The molecule has 4 aliphatic rings. The molecule has 3 aliphatic heterocycles. The molecule has 1 saturated carbocycles. The lowest BCUT2D eigenvalue weighted by Crippen LogP contribution is -2.52. The molecule has 1 N–H and O–H groups in total. The van der Waals surface area contributed by atoms with Crippen molar-refractivity contribution in [3.8, 4) is 40.7 Å². The Kier molecular flexibility index (Phi) is 10.5. The van der Waals surface area contributed by atoms with Crippen molar-refractivity contribution >= 4 is 45.2 Å². The fourth-order valence-corrected chi connectivity index (χ4v) is 9.26. The summed E-state index contributed by atoms with van der Waals surface area (Å²) in [6.45, 7) is 5.42. The molecule has 10 rings (SSSR count). The minimum atomic E-state index is -0.925. The fourth-order valence-electron chi connectivity index (χ4n) is 9.26. The average molecular weight is 855 g/mol. The maximum atomic E-state index is 13.1. The van der Waals surface area contributed by atoms with Gasteiger partial charge in [-0.2, -0.15) is 5.26 Å². The van der Waals surface area contributed by atoms with Crippen molar-refractivity contribution in [1.29, 1.82) is 5.26 Å². The lowest BCUT2D eigenvalue weighted by atomic mass is 9.91. The van der Waals surface area contributed by atoms with Crippen LogP contribution in [0.5, 0.6) is 11.6 Å². The number of ether oxygens (including phenoxy) is 3. The molecule has 1 aliphatic carbocycles. The van der Waals surface area contributed by atoms with E-state index in [-0.39, 0.29) is 43.1 Å². The summed E-state index contributed by atoms with van der Waals surface area (Å²) in [4.78, 5) is 54.4. The summed E-state index contributed by atoms with van der Waals surface area (Å²) >= 11 is 0. The predicted molar refractivity (Wildman–Crippen MR) is 238 cm³/mol. The van der Waals surface area contributed by atoms with Gasteiger partial charge in [0.05, 0.1) is 29.0 Å². The van der Waals surface area contributed by atoms with E-state index in [1.54, 1.807) is 24.4 Å². The van der Waals surface area contributed by atoms with Gasteiger partial charge in [0.1, 0.15) is 29.7 Å². The van der Waals surface area contributed by atoms with Gasteiger partial charge in [0, 0.05) is 104 Å². The fraction of sp³-hybridized carbons (Fsp3) is 0.340. The number of carbonyl (C=O) groups is 3. The van der Waals surface area contributed by atoms with Crippen molar-refractivity contribution in [3.05, 3.63) is 108 Å². The van der Waals surface area contributed by atoms with Gasteiger partial charge in [-0.15, -0.1) is 0 Å². The number of nitrogens with zero attached hydrogens (tertiary/aromatic N) is 7. The highest BCUT2D eigenvalue weighted by molar-refractivity contribution is 6.08. The number of hydrogen-bond donors (Lipinski definition) is 1. The van der Waals surface area contributed by atoms with Gasteiger partial charge < -0.3 is 28.6 Å². The Labute approximate surface area is 370 Å². The molecule has 1 atom stereocenters. The van der Waals surface area contributed by atoms with Crippen molar-refractivity contribution in [2.45, 2.75) is 88.9 Å². The number of piperidine rings is 2. The third kappa shape index (κ3) is 7.97. The second-order valence-electron chi connectivity index (χ2n) is 17.5. The molecular formula is C50H46N8O6. The van der Waals surface area contributed by atoms with Crippen molar-refractivity contribution in [2.75, 3.05) is 18.0 Å². The van der Waals surface area contributed by atoms with Crippen LogP contribution in [0.25, 0.3) is 32.9 Å². The highest BCUT2D eigenvalue weighted by Crippen LogP contribution is 2.35. The van der Waals surface area contributed by atoms with Crippen LogP contribution in [0.4, 0.5) is 5.69 Å². The lowest BCUT2D eigenvalue weighted by molar-refractivity contribution is -0.136. The van der Waals surface area contributed by atoms with Gasteiger partial charge in [0.15, 0.2) is 5.60 Å². The van der Waals surface area contributed by atoms with Crippen molar-refractivity contribution in [1.82, 2.24) is 29.7 Å². The Morgan fingerprint density at radius 2 is 1.67 bits per heavy atom. The molecule has 3 fully saturated rings. The van der Waals surface area contributed by atoms with Gasteiger partial charge in [-0.05, 0) is 98.5 Å². The summed E-state index contributed by atoms with van der Waals surface area (Å²) in [6, 6.07) is 21.2. The molecule has 0 radical (unpaired) electrons. The zero-order valence-electron chi connectivity index (χ0n) is 35.8.